The molecule has 0 bridgehead atoms. The molecule has 0 saturated heterocycles. The zero-order chi connectivity index (χ0) is 26.3. The van der Waals surface area contributed by atoms with Crippen LogP contribution in [0.25, 0.3) is 0 Å². The molecule has 0 radical (unpaired) electrons. The number of nitrogens with one attached hydrogen (secondary N) is 1. The van der Waals surface area contributed by atoms with E-state index in [0.717, 1.165) is 26.7 Å². The van der Waals surface area contributed by atoms with Crippen molar-refractivity contribution in [2.45, 2.75) is 59.2 Å². The van der Waals surface area contributed by atoms with Gasteiger partial charge < -0.3 is 15.0 Å². The Labute approximate surface area is 223 Å². The molecule has 0 fully saturated rings. The molecule has 0 spiro atoms. The van der Waals surface area contributed by atoms with Gasteiger partial charge in [0.2, 0.25) is 5.91 Å². The number of carbonyl (C=O) groups is 2. The maximum absolute atomic E-state index is 13.7. The van der Waals surface area contributed by atoms with E-state index in [1.807, 2.05) is 107 Å². The lowest BCUT2D eigenvalue weighted by atomic mass is 10.0. The summed E-state index contributed by atoms with van der Waals surface area (Å²) in [5.41, 5.74) is 3.56. The monoisotopic (exact) mass is 550 g/mol. The van der Waals surface area contributed by atoms with Crippen LogP contribution in [0.3, 0.4) is 0 Å². The standard InChI is InChI=1S/C30H35BrN2O3/c1-21-14-15-27(22(2)16-21)36-20-28(34)33(19-24-12-9-13-25(31)17-24)26(29(35)32-30(3,4)5)18-23-10-7-6-8-11-23/h6-17,26H,18-20H2,1-5H3,(H,32,35)/t26-/m1/s1. The molecule has 0 aliphatic heterocycles. The summed E-state index contributed by atoms with van der Waals surface area (Å²) in [6.45, 7) is 9.91. The molecular weight excluding hydrogens is 516 g/mol. The average molecular weight is 552 g/mol. The van der Waals surface area contributed by atoms with E-state index in [0.29, 0.717) is 12.2 Å². The van der Waals surface area contributed by atoms with Crippen LogP contribution in [-0.2, 0) is 22.6 Å². The summed E-state index contributed by atoms with van der Waals surface area (Å²) in [5.74, 6) is 0.219. The van der Waals surface area contributed by atoms with Crippen molar-refractivity contribution in [2.75, 3.05) is 6.61 Å². The van der Waals surface area contributed by atoms with E-state index < -0.39 is 11.6 Å². The van der Waals surface area contributed by atoms with Gasteiger partial charge in [-0.25, -0.2) is 0 Å². The van der Waals surface area contributed by atoms with E-state index >= 15 is 0 Å². The van der Waals surface area contributed by atoms with E-state index in [1.54, 1.807) is 4.90 Å². The Morgan fingerprint density at radius 1 is 0.944 bits per heavy atom. The molecule has 0 aliphatic carbocycles. The molecule has 0 aromatic heterocycles. The van der Waals surface area contributed by atoms with E-state index in [1.165, 1.54) is 0 Å². The number of hydrogen-bond acceptors (Lipinski definition) is 3. The van der Waals surface area contributed by atoms with Crippen molar-refractivity contribution in [1.82, 2.24) is 10.2 Å². The van der Waals surface area contributed by atoms with Crippen molar-refractivity contribution in [3.05, 3.63) is 99.5 Å². The lowest BCUT2D eigenvalue weighted by molar-refractivity contribution is -0.143. The van der Waals surface area contributed by atoms with Crippen LogP contribution in [0.15, 0.2) is 77.3 Å². The summed E-state index contributed by atoms with van der Waals surface area (Å²) in [6, 6.07) is 22.7. The molecule has 3 rings (SSSR count). The minimum atomic E-state index is -0.708. The molecule has 3 aromatic carbocycles. The Morgan fingerprint density at radius 2 is 1.64 bits per heavy atom. The van der Waals surface area contributed by atoms with Crippen molar-refractivity contribution < 1.29 is 14.3 Å². The second kappa shape index (κ2) is 12.2. The van der Waals surface area contributed by atoms with Gasteiger partial charge in [-0.3, -0.25) is 9.59 Å². The van der Waals surface area contributed by atoms with Crippen LogP contribution in [-0.4, -0.2) is 34.9 Å². The Bertz CT molecular complexity index is 1190. The minimum Gasteiger partial charge on any atom is -0.483 e. The third kappa shape index (κ3) is 8.23. The first kappa shape index (κ1) is 27.5. The van der Waals surface area contributed by atoms with Gasteiger partial charge in [0.1, 0.15) is 11.8 Å². The molecule has 36 heavy (non-hydrogen) atoms. The van der Waals surface area contributed by atoms with Gasteiger partial charge >= 0.3 is 0 Å². The van der Waals surface area contributed by atoms with Crippen LogP contribution in [0.2, 0.25) is 0 Å². The van der Waals surface area contributed by atoms with Gasteiger partial charge in [0.05, 0.1) is 0 Å². The van der Waals surface area contributed by atoms with Crippen LogP contribution in [0, 0.1) is 13.8 Å². The fraction of sp³-hybridized carbons (Fsp3) is 0.333. The number of rotatable bonds is 9. The quantitative estimate of drug-likeness (QED) is 0.355. The number of halogens is 1. The van der Waals surface area contributed by atoms with Crippen molar-refractivity contribution in [2.24, 2.45) is 0 Å². The summed E-state index contributed by atoms with van der Waals surface area (Å²) in [7, 11) is 0. The van der Waals surface area contributed by atoms with Gasteiger partial charge in [-0.05, 0) is 69.5 Å². The number of carbonyl (C=O) groups excluding carboxylic acids is 2. The molecular formula is C30H35BrN2O3. The van der Waals surface area contributed by atoms with Gasteiger partial charge in [0.25, 0.3) is 5.91 Å². The highest BCUT2D eigenvalue weighted by Crippen LogP contribution is 2.21. The molecule has 1 atom stereocenters. The van der Waals surface area contributed by atoms with Gasteiger partial charge in [-0.2, -0.15) is 0 Å². The first-order valence-electron chi connectivity index (χ1n) is 12.1. The van der Waals surface area contributed by atoms with Crippen LogP contribution < -0.4 is 10.1 Å². The largest absolute Gasteiger partial charge is 0.483 e. The van der Waals surface area contributed by atoms with Crippen LogP contribution in [0.5, 0.6) is 5.75 Å². The zero-order valence-electron chi connectivity index (χ0n) is 21.7. The topological polar surface area (TPSA) is 58.6 Å². The lowest BCUT2D eigenvalue weighted by Gasteiger charge is -2.34. The number of hydrogen-bond donors (Lipinski definition) is 1. The molecule has 5 nitrogen and oxygen atoms in total. The van der Waals surface area contributed by atoms with E-state index in [2.05, 4.69) is 21.2 Å². The SMILES string of the molecule is Cc1ccc(OCC(=O)N(Cc2cccc(Br)c2)[C@H](Cc2ccccc2)C(=O)NC(C)(C)C)c(C)c1. The number of benzene rings is 3. The molecule has 6 heteroatoms. The fourth-order valence-corrected chi connectivity index (χ4v) is 4.47. The molecule has 0 saturated carbocycles. The predicted octanol–water partition coefficient (Wildman–Crippen LogP) is 6.00. The minimum absolute atomic E-state index is 0.161. The van der Waals surface area contributed by atoms with Gasteiger partial charge in [0.15, 0.2) is 6.61 Å². The summed E-state index contributed by atoms with van der Waals surface area (Å²) in [4.78, 5) is 28.9. The Kier molecular flexibility index (Phi) is 9.32. The molecule has 0 heterocycles. The van der Waals surface area contributed by atoms with Crippen LogP contribution >= 0.6 is 15.9 Å². The third-order valence-electron chi connectivity index (χ3n) is 5.69. The molecule has 1 N–H and O–H groups in total. The van der Waals surface area contributed by atoms with Crippen molar-refractivity contribution in [1.29, 1.82) is 0 Å². The van der Waals surface area contributed by atoms with Gasteiger partial charge in [-0.1, -0.05) is 76.1 Å². The summed E-state index contributed by atoms with van der Waals surface area (Å²) in [5, 5.41) is 3.08. The molecule has 0 unspecified atom stereocenters. The van der Waals surface area contributed by atoms with Gasteiger partial charge in [0, 0.05) is 23.0 Å². The predicted molar refractivity (Wildman–Crippen MR) is 148 cm³/mol. The average Bonchev–Trinajstić information content (AvgIpc) is 2.80. The van der Waals surface area contributed by atoms with E-state index in [-0.39, 0.29) is 25.0 Å². The maximum Gasteiger partial charge on any atom is 0.261 e. The first-order chi connectivity index (χ1) is 17.0. The van der Waals surface area contributed by atoms with E-state index in [4.69, 9.17) is 4.74 Å². The Balaban J connectivity index is 1.94. The second-order valence-electron chi connectivity index (χ2n) is 10.2. The van der Waals surface area contributed by atoms with Crippen LogP contribution in [0.1, 0.15) is 43.0 Å². The smallest absolute Gasteiger partial charge is 0.261 e. The molecule has 0 aliphatic rings. The highest BCUT2D eigenvalue weighted by molar-refractivity contribution is 9.10. The number of amides is 2. The number of nitrogens with zero attached hydrogens (tertiary/aromatic N) is 1. The van der Waals surface area contributed by atoms with Crippen molar-refractivity contribution >= 4 is 27.7 Å². The number of aryl methyl sites for hydroxylation is 2. The lowest BCUT2D eigenvalue weighted by Crippen LogP contribution is -2.55. The summed E-state index contributed by atoms with van der Waals surface area (Å²) >= 11 is 3.52. The maximum atomic E-state index is 13.7. The van der Waals surface area contributed by atoms with Gasteiger partial charge in [-0.15, -0.1) is 0 Å². The molecule has 2 amide bonds. The highest BCUT2D eigenvalue weighted by atomic mass is 79.9. The Morgan fingerprint density at radius 3 is 2.28 bits per heavy atom. The summed E-state index contributed by atoms with van der Waals surface area (Å²) in [6.07, 6.45) is 0.395. The normalized spacial score (nSPS) is 12.1. The molecule has 190 valence electrons. The second-order valence-corrected chi connectivity index (χ2v) is 11.1. The fourth-order valence-electron chi connectivity index (χ4n) is 4.02. The van der Waals surface area contributed by atoms with E-state index in [9.17, 15) is 9.59 Å². The van der Waals surface area contributed by atoms with Crippen molar-refractivity contribution in [3.8, 4) is 5.75 Å². The highest BCUT2D eigenvalue weighted by Gasteiger charge is 2.32. The Hall–Kier alpha value is -3.12. The first-order valence-corrected chi connectivity index (χ1v) is 12.9. The summed E-state index contributed by atoms with van der Waals surface area (Å²) < 4.78 is 6.86. The third-order valence-corrected chi connectivity index (χ3v) is 6.19. The van der Waals surface area contributed by atoms with Crippen molar-refractivity contribution in [3.63, 3.8) is 0 Å². The number of ether oxygens (including phenoxy) is 1. The molecule has 3 aromatic rings. The zero-order valence-corrected chi connectivity index (χ0v) is 23.3. The van der Waals surface area contributed by atoms with Crippen LogP contribution in [0.4, 0.5) is 0 Å².